The van der Waals surface area contributed by atoms with Crippen LogP contribution in [0.25, 0.3) is 5.52 Å². The molecule has 0 aliphatic rings. The van der Waals surface area contributed by atoms with Crippen LogP contribution >= 0.6 is 11.3 Å². The number of nitrogens with one attached hydrogen (secondary N) is 1. The molecule has 0 unspecified atom stereocenters. The molecule has 0 fully saturated rings. The minimum Gasteiger partial charge on any atom is -0.362 e. The lowest BCUT2D eigenvalue weighted by atomic mass is 10.4. The van der Waals surface area contributed by atoms with Crippen molar-refractivity contribution < 1.29 is 0 Å². The van der Waals surface area contributed by atoms with Crippen molar-refractivity contribution in [2.75, 3.05) is 5.32 Å². The van der Waals surface area contributed by atoms with Gasteiger partial charge in [0.05, 0.1) is 12.2 Å². The van der Waals surface area contributed by atoms with Gasteiger partial charge in [-0.15, -0.1) is 11.3 Å². The Balaban J connectivity index is 1.81. The number of nitrogens with zero attached hydrogens (tertiary/aromatic N) is 4. The van der Waals surface area contributed by atoms with Gasteiger partial charge in [-0.3, -0.25) is 0 Å². The summed E-state index contributed by atoms with van der Waals surface area (Å²) in [4.78, 5) is 10.1. The summed E-state index contributed by atoms with van der Waals surface area (Å²) in [6.07, 6.45) is 6.58. The van der Waals surface area contributed by atoms with Gasteiger partial charge in [-0.1, -0.05) is 6.92 Å². The van der Waals surface area contributed by atoms with E-state index in [1.807, 2.05) is 29.9 Å². The summed E-state index contributed by atoms with van der Waals surface area (Å²) >= 11 is 1.74. The minimum atomic E-state index is 0.696. The van der Waals surface area contributed by atoms with E-state index in [1.54, 1.807) is 17.5 Å². The van der Waals surface area contributed by atoms with Crippen molar-refractivity contribution in [1.82, 2.24) is 19.6 Å². The topological polar surface area (TPSA) is 55.1 Å². The lowest BCUT2D eigenvalue weighted by Gasteiger charge is -2.04. The molecule has 0 bridgehead atoms. The Kier molecular flexibility index (Phi) is 3.16. The number of aryl methyl sites for hydroxylation is 2. The van der Waals surface area contributed by atoms with Crippen LogP contribution in [0.3, 0.4) is 0 Å². The van der Waals surface area contributed by atoms with Crippen LogP contribution in [0.4, 0.5) is 5.82 Å². The molecule has 3 heterocycles. The Morgan fingerprint density at radius 3 is 3.05 bits per heavy atom. The molecule has 1 N–H and O–H groups in total. The summed E-state index contributed by atoms with van der Waals surface area (Å²) < 4.78 is 1.84. The van der Waals surface area contributed by atoms with Crippen LogP contribution in [0.1, 0.15) is 22.5 Å². The van der Waals surface area contributed by atoms with Crippen molar-refractivity contribution in [2.24, 2.45) is 0 Å². The molecule has 3 aromatic rings. The Morgan fingerprint density at radius 2 is 2.26 bits per heavy atom. The molecule has 3 aromatic heterocycles. The fourth-order valence-electron chi connectivity index (χ4n) is 1.93. The highest BCUT2D eigenvalue weighted by Crippen LogP contribution is 2.18. The molecule has 0 aliphatic carbocycles. The second-order valence-electron chi connectivity index (χ2n) is 4.32. The van der Waals surface area contributed by atoms with Gasteiger partial charge in [0.1, 0.15) is 10.5 Å². The Bertz CT molecular complexity index is 700. The van der Waals surface area contributed by atoms with Crippen molar-refractivity contribution in [3.63, 3.8) is 0 Å². The second-order valence-corrected chi connectivity index (χ2v) is 5.52. The zero-order valence-electron chi connectivity index (χ0n) is 10.9. The van der Waals surface area contributed by atoms with Crippen molar-refractivity contribution in [3.05, 3.63) is 40.2 Å². The second kappa shape index (κ2) is 4.97. The van der Waals surface area contributed by atoms with E-state index in [9.17, 15) is 0 Å². The first-order valence-corrected chi connectivity index (χ1v) is 7.06. The molecule has 3 rings (SSSR count). The number of aromatic nitrogens is 4. The fourth-order valence-corrected chi connectivity index (χ4v) is 2.74. The predicted octanol–water partition coefficient (Wildman–Crippen LogP) is 2.67. The molecule has 5 nitrogen and oxygen atoms in total. The summed E-state index contributed by atoms with van der Waals surface area (Å²) in [5.74, 6) is 0.844. The molecule has 0 saturated heterocycles. The summed E-state index contributed by atoms with van der Waals surface area (Å²) in [6.45, 7) is 4.81. The van der Waals surface area contributed by atoms with E-state index in [0.29, 0.717) is 6.54 Å². The number of fused-ring (bicyclic) bond motifs is 1. The standard InChI is InChI=1S/C13H15N5S/c1-3-10-7-15-12(19-10)8-16-13-11-6-9(2)17-18(11)5-4-14-13/h4-7H,3,8H2,1-2H3,(H,14,16). The molecule has 0 radical (unpaired) electrons. The van der Waals surface area contributed by atoms with Crippen LogP contribution in [0.2, 0.25) is 0 Å². The van der Waals surface area contributed by atoms with Gasteiger partial charge in [0.25, 0.3) is 0 Å². The highest BCUT2D eigenvalue weighted by molar-refractivity contribution is 7.11. The van der Waals surface area contributed by atoms with Gasteiger partial charge < -0.3 is 5.32 Å². The number of rotatable bonds is 4. The Morgan fingerprint density at radius 1 is 1.37 bits per heavy atom. The molecular weight excluding hydrogens is 258 g/mol. The van der Waals surface area contributed by atoms with E-state index < -0.39 is 0 Å². The third-order valence-corrected chi connectivity index (χ3v) is 4.01. The van der Waals surface area contributed by atoms with Crippen molar-refractivity contribution >= 4 is 22.7 Å². The first kappa shape index (κ1) is 12.1. The van der Waals surface area contributed by atoms with Gasteiger partial charge in [0, 0.05) is 23.5 Å². The normalized spacial score (nSPS) is 11.1. The predicted molar refractivity (Wildman–Crippen MR) is 76.5 cm³/mol. The summed E-state index contributed by atoms with van der Waals surface area (Å²) in [5, 5.41) is 8.78. The smallest absolute Gasteiger partial charge is 0.152 e. The lowest BCUT2D eigenvalue weighted by molar-refractivity contribution is 0.919. The lowest BCUT2D eigenvalue weighted by Crippen LogP contribution is -2.03. The van der Waals surface area contributed by atoms with Crippen LogP contribution in [0.15, 0.2) is 24.7 Å². The van der Waals surface area contributed by atoms with E-state index in [4.69, 9.17) is 0 Å². The van der Waals surface area contributed by atoms with Gasteiger partial charge in [0.2, 0.25) is 0 Å². The van der Waals surface area contributed by atoms with E-state index in [-0.39, 0.29) is 0 Å². The quantitative estimate of drug-likeness (QED) is 0.794. The molecule has 0 amide bonds. The molecular formula is C13H15N5S. The zero-order valence-corrected chi connectivity index (χ0v) is 11.7. The number of hydrogen-bond donors (Lipinski definition) is 1. The van der Waals surface area contributed by atoms with Gasteiger partial charge in [-0.25, -0.2) is 14.5 Å². The molecule has 98 valence electrons. The maximum Gasteiger partial charge on any atom is 0.152 e. The third kappa shape index (κ3) is 2.44. The summed E-state index contributed by atoms with van der Waals surface area (Å²) in [6, 6.07) is 2.02. The maximum atomic E-state index is 4.39. The highest BCUT2D eigenvalue weighted by Gasteiger charge is 2.06. The van der Waals surface area contributed by atoms with Crippen LogP contribution in [-0.4, -0.2) is 19.6 Å². The van der Waals surface area contributed by atoms with Crippen LogP contribution in [-0.2, 0) is 13.0 Å². The van der Waals surface area contributed by atoms with Gasteiger partial charge in [-0.05, 0) is 19.4 Å². The van der Waals surface area contributed by atoms with Crippen molar-refractivity contribution in [1.29, 1.82) is 0 Å². The van der Waals surface area contributed by atoms with Gasteiger partial charge in [0.15, 0.2) is 5.82 Å². The largest absolute Gasteiger partial charge is 0.362 e. The average molecular weight is 273 g/mol. The molecule has 0 aliphatic heterocycles. The zero-order chi connectivity index (χ0) is 13.2. The van der Waals surface area contributed by atoms with Gasteiger partial charge in [-0.2, -0.15) is 5.10 Å². The molecule has 0 spiro atoms. The third-order valence-electron chi connectivity index (χ3n) is 2.87. The minimum absolute atomic E-state index is 0.696. The summed E-state index contributed by atoms with van der Waals surface area (Å²) in [7, 11) is 0. The van der Waals surface area contributed by atoms with Gasteiger partial charge >= 0.3 is 0 Å². The maximum absolute atomic E-state index is 4.39. The van der Waals surface area contributed by atoms with E-state index in [1.165, 1.54) is 4.88 Å². The molecule has 0 aromatic carbocycles. The first-order valence-electron chi connectivity index (χ1n) is 6.24. The number of thiazole rings is 1. The highest BCUT2D eigenvalue weighted by atomic mass is 32.1. The molecule has 0 saturated carbocycles. The van der Waals surface area contributed by atoms with Crippen LogP contribution in [0.5, 0.6) is 0 Å². The first-order chi connectivity index (χ1) is 9.26. The fraction of sp³-hybridized carbons (Fsp3) is 0.308. The van der Waals surface area contributed by atoms with E-state index in [2.05, 4.69) is 27.3 Å². The van der Waals surface area contributed by atoms with E-state index >= 15 is 0 Å². The average Bonchev–Trinajstić information content (AvgIpc) is 3.01. The van der Waals surface area contributed by atoms with Crippen molar-refractivity contribution in [2.45, 2.75) is 26.8 Å². The SMILES string of the molecule is CCc1cnc(CNc2nccn3nc(C)cc23)s1. The monoisotopic (exact) mass is 273 g/mol. The van der Waals surface area contributed by atoms with Crippen LogP contribution < -0.4 is 5.32 Å². The molecule has 0 atom stereocenters. The number of anilines is 1. The van der Waals surface area contributed by atoms with E-state index in [0.717, 1.165) is 28.5 Å². The van der Waals surface area contributed by atoms with Crippen molar-refractivity contribution in [3.8, 4) is 0 Å². The Labute approximate surface area is 115 Å². The summed E-state index contributed by atoms with van der Waals surface area (Å²) in [5.41, 5.74) is 1.98. The molecule has 6 heteroatoms. The van der Waals surface area contributed by atoms with Crippen LogP contribution in [0, 0.1) is 6.92 Å². The molecule has 19 heavy (non-hydrogen) atoms. The Hall–Kier alpha value is -1.95. The number of hydrogen-bond acceptors (Lipinski definition) is 5.